The highest BCUT2D eigenvalue weighted by molar-refractivity contribution is 7.85. The SMILES string of the molecule is CO[C@@]12CCC(NCCS(=O)(=O)O)C3Oc4c(O)ccc5c4[C@@]31CCN(C)[C@@H]2C5. The van der Waals surface area contributed by atoms with Crippen molar-refractivity contribution >= 4 is 10.1 Å². The molecule has 0 radical (unpaired) electrons. The Morgan fingerprint density at radius 1 is 1.38 bits per heavy atom. The fourth-order valence-electron chi connectivity index (χ4n) is 6.72. The quantitative estimate of drug-likeness (QED) is 0.592. The van der Waals surface area contributed by atoms with Gasteiger partial charge in [0.2, 0.25) is 0 Å². The van der Waals surface area contributed by atoms with Crippen molar-refractivity contribution in [1.82, 2.24) is 10.2 Å². The molecule has 1 saturated heterocycles. The number of likely N-dealkylation sites (tertiary alicyclic amines) is 1. The second-order valence-electron chi connectivity index (χ2n) is 8.89. The summed E-state index contributed by atoms with van der Waals surface area (Å²) in [5, 5.41) is 13.9. The molecule has 2 heterocycles. The molecule has 4 aliphatic rings. The highest BCUT2D eigenvalue weighted by atomic mass is 32.2. The zero-order valence-corrected chi connectivity index (χ0v) is 17.5. The number of aromatic hydroxyl groups is 1. The Kier molecular flexibility index (Phi) is 4.25. The summed E-state index contributed by atoms with van der Waals surface area (Å²) in [4.78, 5) is 2.38. The van der Waals surface area contributed by atoms with Gasteiger partial charge in [-0.3, -0.25) is 4.55 Å². The molecule has 160 valence electrons. The summed E-state index contributed by atoms with van der Waals surface area (Å²) in [6, 6.07) is 3.83. The Bertz CT molecular complexity index is 953. The predicted octanol–water partition coefficient (Wildman–Crippen LogP) is 0.676. The number of hydrogen-bond donors (Lipinski definition) is 3. The fraction of sp³-hybridized carbons (Fsp3) is 0.700. The van der Waals surface area contributed by atoms with Gasteiger partial charge in [0.1, 0.15) is 6.10 Å². The molecule has 1 saturated carbocycles. The lowest BCUT2D eigenvalue weighted by molar-refractivity contribution is -0.203. The van der Waals surface area contributed by atoms with Gasteiger partial charge in [0.05, 0.1) is 16.8 Å². The van der Waals surface area contributed by atoms with E-state index in [2.05, 4.69) is 17.3 Å². The number of nitrogens with one attached hydrogen (secondary N) is 1. The lowest BCUT2D eigenvalue weighted by Crippen LogP contribution is -2.78. The van der Waals surface area contributed by atoms with Crippen molar-refractivity contribution in [1.29, 1.82) is 0 Å². The van der Waals surface area contributed by atoms with Gasteiger partial charge in [-0.05, 0) is 50.9 Å². The Balaban J connectivity index is 1.61. The minimum atomic E-state index is -4.03. The van der Waals surface area contributed by atoms with Crippen LogP contribution in [-0.4, -0.2) is 79.8 Å². The van der Waals surface area contributed by atoms with Crippen LogP contribution in [0.5, 0.6) is 11.5 Å². The molecule has 5 rings (SSSR count). The van der Waals surface area contributed by atoms with Gasteiger partial charge < -0.3 is 24.8 Å². The maximum atomic E-state index is 11.2. The van der Waals surface area contributed by atoms with E-state index in [0.29, 0.717) is 5.75 Å². The van der Waals surface area contributed by atoms with Crippen molar-refractivity contribution in [2.24, 2.45) is 0 Å². The number of methoxy groups -OCH3 is 1. The number of nitrogens with zero attached hydrogens (tertiary/aromatic N) is 1. The highest BCUT2D eigenvalue weighted by Crippen LogP contribution is 2.66. The summed E-state index contributed by atoms with van der Waals surface area (Å²) < 4.78 is 44.2. The lowest BCUT2D eigenvalue weighted by Gasteiger charge is -2.65. The van der Waals surface area contributed by atoms with E-state index in [9.17, 15) is 13.5 Å². The number of likely N-dealkylation sites (N-methyl/N-ethyl adjacent to an activating group) is 1. The van der Waals surface area contributed by atoms with Crippen molar-refractivity contribution < 1.29 is 27.6 Å². The molecule has 2 bridgehead atoms. The van der Waals surface area contributed by atoms with E-state index in [1.165, 1.54) is 5.56 Å². The van der Waals surface area contributed by atoms with Crippen LogP contribution in [0, 0.1) is 0 Å². The van der Waals surface area contributed by atoms with E-state index >= 15 is 0 Å². The first-order valence-corrected chi connectivity index (χ1v) is 11.8. The van der Waals surface area contributed by atoms with E-state index in [4.69, 9.17) is 14.0 Å². The predicted molar refractivity (Wildman–Crippen MR) is 106 cm³/mol. The van der Waals surface area contributed by atoms with Crippen LogP contribution in [-0.2, 0) is 26.7 Å². The molecule has 1 aromatic carbocycles. The van der Waals surface area contributed by atoms with Crippen molar-refractivity contribution in [3.63, 3.8) is 0 Å². The summed E-state index contributed by atoms with van der Waals surface area (Å²) in [6.45, 7) is 1.06. The van der Waals surface area contributed by atoms with Crippen molar-refractivity contribution in [3.05, 3.63) is 23.3 Å². The second kappa shape index (κ2) is 6.31. The zero-order chi connectivity index (χ0) is 20.6. The van der Waals surface area contributed by atoms with Crippen molar-refractivity contribution in [2.45, 2.75) is 54.9 Å². The molecule has 1 spiro atoms. The first kappa shape index (κ1) is 19.6. The maximum absolute atomic E-state index is 11.2. The van der Waals surface area contributed by atoms with E-state index in [-0.39, 0.29) is 36.2 Å². The van der Waals surface area contributed by atoms with Crippen molar-refractivity contribution in [2.75, 3.05) is 33.0 Å². The number of rotatable bonds is 5. The van der Waals surface area contributed by atoms with E-state index in [1.807, 2.05) is 6.07 Å². The number of phenolic OH excluding ortho intramolecular Hbond substituents is 1. The van der Waals surface area contributed by atoms with E-state index in [1.54, 1.807) is 13.2 Å². The summed E-state index contributed by atoms with van der Waals surface area (Å²) in [5.74, 6) is 0.361. The van der Waals surface area contributed by atoms with Gasteiger partial charge in [-0.15, -0.1) is 0 Å². The average Bonchev–Trinajstić information content (AvgIpc) is 3.02. The molecule has 29 heavy (non-hydrogen) atoms. The first-order valence-electron chi connectivity index (χ1n) is 10.2. The third-order valence-corrected chi connectivity index (χ3v) is 8.54. The molecular weight excluding hydrogens is 396 g/mol. The van der Waals surface area contributed by atoms with Gasteiger partial charge in [-0.1, -0.05) is 6.07 Å². The summed E-state index contributed by atoms with van der Waals surface area (Å²) in [7, 11) is -0.105. The highest BCUT2D eigenvalue weighted by Gasteiger charge is 2.73. The van der Waals surface area contributed by atoms with Crippen LogP contribution in [0.1, 0.15) is 30.4 Å². The number of piperidine rings is 1. The largest absolute Gasteiger partial charge is 0.504 e. The van der Waals surface area contributed by atoms with Gasteiger partial charge in [0.15, 0.2) is 11.5 Å². The Labute approximate surface area is 170 Å². The second-order valence-corrected chi connectivity index (χ2v) is 10.5. The molecular formula is C20H28N2O6S. The number of phenols is 1. The van der Waals surface area contributed by atoms with Crippen LogP contribution in [0.3, 0.4) is 0 Å². The molecule has 8 nitrogen and oxygen atoms in total. The normalized spacial score (nSPS) is 37.8. The Morgan fingerprint density at radius 3 is 2.90 bits per heavy atom. The molecule has 2 aliphatic carbocycles. The van der Waals surface area contributed by atoms with Crippen LogP contribution in [0.2, 0.25) is 0 Å². The van der Waals surface area contributed by atoms with Crippen LogP contribution >= 0.6 is 0 Å². The number of ether oxygens (including phenoxy) is 2. The average molecular weight is 425 g/mol. The third-order valence-electron chi connectivity index (χ3n) is 7.82. The fourth-order valence-corrected chi connectivity index (χ4v) is 7.10. The topological polar surface area (TPSA) is 108 Å². The monoisotopic (exact) mass is 424 g/mol. The summed E-state index contributed by atoms with van der Waals surface area (Å²) in [6.07, 6.45) is 3.01. The number of benzene rings is 1. The molecule has 5 atom stereocenters. The van der Waals surface area contributed by atoms with E-state index in [0.717, 1.165) is 37.8 Å². The standard InChI is InChI=1S/C20H28N2O6S/c1-22-9-7-19-16-12-3-4-14(23)17(16)28-18(19)13(21-8-10-29(24,25)26)5-6-20(19,27-2)15(22)11-12/h3-4,13,15,18,21,23H,5-11H2,1-2H3,(H,24,25,26)/t13?,15-,18?,19+,20-/m1/s1. The maximum Gasteiger partial charge on any atom is 0.266 e. The minimum absolute atomic E-state index is 0.0955. The summed E-state index contributed by atoms with van der Waals surface area (Å²) >= 11 is 0. The molecule has 2 aliphatic heterocycles. The van der Waals surface area contributed by atoms with Gasteiger partial charge in [-0.2, -0.15) is 8.42 Å². The molecule has 0 amide bonds. The van der Waals surface area contributed by atoms with Crippen LogP contribution in [0.4, 0.5) is 0 Å². The smallest absolute Gasteiger partial charge is 0.266 e. The summed E-state index contributed by atoms with van der Waals surface area (Å²) in [5.41, 5.74) is 1.46. The molecule has 0 aromatic heterocycles. The molecule has 2 unspecified atom stereocenters. The van der Waals surface area contributed by atoms with Crippen LogP contribution < -0.4 is 10.1 Å². The molecule has 2 fully saturated rings. The minimum Gasteiger partial charge on any atom is -0.504 e. The Morgan fingerprint density at radius 2 is 2.17 bits per heavy atom. The van der Waals surface area contributed by atoms with Gasteiger partial charge >= 0.3 is 0 Å². The van der Waals surface area contributed by atoms with Gasteiger partial charge in [0.25, 0.3) is 10.1 Å². The molecule has 3 N–H and O–H groups in total. The molecule has 1 aromatic rings. The van der Waals surface area contributed by atoms with Gasteiger partial charge in [-0.25, -0.2) is 0 Å². The van der Waals surface area contributed by atoms with Crippen LogP contribution in [0.25, 0.3) is 0 Å². The third kappa shape index (κ3) is 2.48. The van der Waals surface area contributed by atoms with E-state index < -0.39 is 21.1 Å². The molecule has 9 heteroatoms. The first-order chi connectivity index (χ1) is 13.7. The zero-order valence-electron chi connectivity index (χ0n) is 16.7. The van der Waals surface area contributed by atoms with Crippen LogP contribution in [0.15, 0.2) is 12.1 Å². The van der Waals surface area contributed by atoms with Gasteiger partial charge in [0, 0.05) is 31.3 Å². The number of hydrogen-bond acceptors (Lipinski definition) is 7. The lowest BCUT2D eigenvalue weighted by atomic mass is 9.48. The van der Waals surface area contributed by atoms with Crippen molar-refractivity contribution in [3.8, 4) is 11.5 Å². The Hall–Kier alpha value is -1.39.